The summed E-state index contributed by atoms with van der Waals surface area (Å²) >= 11 is -0.0158. The van der Waals surface area contributed by atoms with Gasteiger partial charge in [0, 0.05) is 24.5 Å². The number of alkyl halides is 3. The Morgan fingerprint density at radius 2 is 2.27 bits per heavy atom. The van der Waals surface area contributed by atoms with Gasteiger partial charge >= 0.3 is 5.51 Å². The van der Waals surface area contributed by atoms with Gasteiger partial charge in [0.2, 0.25) is 0 Å². The van der Waals surface area contributed by atoms with Crippen LogP contribution in [0.15, 0.2) is 6.33 Å². The van der Waals surface area contributed by atoms with Crippen molar-refractivity contribution in [3.05, 3.63) is 17.7 Å². The molecule has 0 atom stereocenters. The maximum atomic E-state index is 11.7. The Balaban J connectivity index is 2.10. The summed E-state index contributed by atoms with van der Waals surface area (Å²) in [6.07, 6.45) is 1.57. The van der Waals surface area contributed by atoms with E-state index in [1.54, 1.807) is 6.33 Å². The predicted molar refractivity (Wildman–Crippen MR) is 53.5 cm³/mol. The molecule has 7 heteroatoms. The third-order valence-corrected chi connectivity index (χ3v) is 2.51. The number of nitrogens with zero attached hydrogens (tertiary/aromatic N) is 1. The molecule has 0 radical (unpaired) electrons. The van der Waals surface area contributed by atoms with Gasteiger partial charge in [-0.2, -0.15) is 13.2 Å². The number of aromatic amines is 1. The van der Waals surface area contributed by atoms with Gasteiger partial charge in [-0.05, 0) is 18.7 Å². The van der Waals surface area contributed by atoms with Crippen molar-refractivity contribution in [1.82, 2.24) is 15.3 Å². The first-order chi connectivity index (χ1) is 6.99. The highest BCUT2D eigenvalue weighted by molar-refractivity contribution is 8.00. The second-order valence-corrected chi connectivity index (χ2v) is 4.11. The fourth-order valence-electron chi connectivity index (χ4n) is 1.01. The zero-order valence-electron chi connectivity index (χ0n) is 8.19. The molecule has 0 fully saturated rings. The van der Waals surface area contributed by atoms with E-state index in [0.29, 0.717) is 13.1 Å². The average molecular weight is 239 g/mol. The molecule has 0 aliphatic heterocycles. The van der Waals surface area contributed by atoms with E-state index < -0.39 is 5.51 Å². The number of imidazole rings is 1. The molecule has 2 N–H and O–H groups in total. The number of aryl methyl sites for hydroxylation is 1. The minimum Gasteiger partial charge on any atom is -0.348 e. The van der Waals surface area contributed by atoms with E-state index in [0.717, 1.165) is 11.4 Å². The third-order valence-electron chi connectivity index (χ3n) is 1.77. The molecule has 0 unspecified atom stereocenters. The molecule has 1 heterocycles. The molecule has 0 aliphatic carbocycles. The zero-order valence-corrected chi connectivity index (χ0v) is 9.00. The van der Waals surface area contributed by atoms with Gasteiger partial charge in [0.25, 0.3) is 0 Å². The molecule has 1 rings (SSSR count). The molecule has 1 aromatic heterocycles. The lowest BCUT2D eigenvalue weighted by Gasteiger charge is -2.06. The van der Waals surface area contributed by atoms with Crippen LogP contribution in [0.4, 0.5) is 13.2 Å². The first-order valence-corrected chi connectivity index (χ1v) is 5.38. The van der Waals surface area contributed by atoms with Gasteiger partial charge in [-0.25, -0.2) is 4.98 Å². The van der Waals surface area contributed by atoms with E-state index in [9.17, 15) is 13.2 Å². The minimum absolute atomic E-state index is 0.0158. The Bertz CT molecular complexity index is 298. The topological polar surface area (TPSA) is 40.7 Å². The zero-order chi connectivity index (χ0) is 11.3. The number of halogens is 3. The summed E-state index contributed by atoms with van der Waals surface area (Å²) in [7, 11) is 0. The lowest BCUT2D eigenvalue weighted by atomic mass is 10.3. The number of nitrogens with one attached hydrogen (secondary N) is 2. The standard InChI is InChI=1S/C8H12F3N3S/c1-6-7(14-5-13-6)4-12-2-3-15-8(9,10)11/h5,12H,2-4H2,1H3,(H,13,14). The molecule has 0 saturated heterocycles. The highest BCUT2D eigenvalue weighted by Gasteiger charge is 2.27. The highest BCUT2D eigenvalue weighted by atomic mass is 32.2. The van der Waals surface area contributed by atoms with E-state index >= 15 is 0 Å². The first-order valence-electron chi connectivity index (χ1n) is 4.39. The number of hydrogen-bond acceptors (Lipinski definition) is 3. The van der Waals surface area contributed by atoms with Gasteiger partial charge in [0.1, 0.15) is 0 Å². The monoisotopic (exact) mass is 239 g/mol. The van der Waals surface area contributed by atoms with Gasteiger partial charge < -0.3 is 10.3 Å². The molecule has 15 heavy (non-hydrogen) atoms. The molecule has 0 aliphatic rings. The lowest BCUT2D eigenvalue weighted by molar-refractivity contribution is -0.0327. The van der Waals surface area contributed by atoms with Crippen molar-refractivity contribution >= 4 is 11.8 Å². The lowest BCUT2D eigenvalue weighted by Crippen LogP contribution is -2.19. The largest absolute Gasteiger partial charge is 0.441 e. The number of hydrogen-bond donors (Lipinski definition) is 2. The Kier molecular flexibility index (Phi) is 4.46. The van der Waals surface area contributed by atoms with Crippen molar-refractivity contribution < 1.29 is 13.2 Å². The van der Waals surface area contributed by atoms with E-state index in [1.807, 2.05) is 6.92 Å². The third kappa shape index (κ3) is 5.08. The van der Waals surface area contributed by atoms with E-state index in [1.165, 1.54) is 0 Å². The van der Waals surface area contributed by atoms with Crippen molar-refractivity contribution in [3.63, 3.8) is 0 Å². The molecule has 86 valence electrons. The number of thioether (sulfide) groups is 1. The SMILES string of the molecule is Cc1[nH]cnc1CNCCSC(F)(F)F. The molecular weight excluding hydrogens is 227 g/mol. The Morgan fingerprint density at radius 1 is 1.53 bits per heavy atom. The van der Waals surface area contributed by atoms with Crippen LogP contribution in [0.3, 0.4) is 0 Å². The predicted octanol–water partition coefficient (Wildman–Crippen LogP) is 2.06. The fourth-order valence-corrected chi connectivity index (χ4v) is 1.49. The summed E-state index contributed by atoms with van der Waals surface area (Å²) in [5, 5.41) is 2.90. The second kappa shape index (κ2) is 5.41. The maximum absolute atomic E-state index is 11.7. The van der Waals surface area contributed by atoms with Crippen LogP contribution in [0.2, 0.25) is 0 Å². The Labute approximate surface area is 89.9 Å². The molecule has 1 aromatic rings. The summed E-state index contributed by atoms with van der Waals surface area (Å²) in [6, 6.07) is 0. The minimum atomic E-state index is -4.13. The molecule has 0 spiro atoms. The Hall–Kier alpha value is -0.690. The van der Waals surface area contributed by atoms with Gasteiger partial charge in [-0.1, -0.05) is 0 Å². The van der Waals surface area contributed by atoms with Crippen LogP contribution in [-0.2, 0) is 6.54 Å². The van der Waals surface area contributed by atoms with Crippen molar-refractivity contribution in [1.29, 1.82) is 0 Å². The van der Waals surface area contributed by atoms with Crippen molar-refractivity contribution in [2.75, 3.05) is 12.3 Å². The van der Waals surface area contributed by atoms with Crippen LogP contribution >= 0.6 is 11.8 Å². The van der Waals surface area contributed by atoms with Crippen LogP contribution < -0.4 is 5.32 Å². The van der Waals surface area contributed by atoms with Crippen LogP contribution in [-0.4, -0.2) is 27.8 Å². The van der Waals surface area contributed by atoms with E-state index in [2.05, 4.69) is 15.3 Å². The highest BCUT2D eigenvalue weighted by Crippen LogP contribution is 2.29. The van der Waals surface area contributed by atoms with Crippen LogP contribution in [0.1, 0.15) is 11.4 Å². The summed E-state index contributed by atoms with van der Waals surface area (Å²) in [5.74, 6) is 0.0208. The number of aromatic nitrogens is 2. The maximum Gasteiger partial charge on any atom is 0.441 e. The molecule has 0 amide bonds. The molecule has 0 bridgehead atoms. The van der Waals surface area contributed by atoms with Crippen LogP contribution in [0.25, 0.3) is 0 Å². The summed E-state index contributed by atoms with van der Waals surface area (Å²) in [5.41, 5.74) is -2.36. The first kappa shape index (κ1) is 12.4. The molecule has 0 saturated carbocycles. The van der Waals surface area contributed by atoms with Crippen LogP contribution in [0.5, 0.6) is 0 Å². The summed E-state index contributed by atoms with van der Waals surface area (Å²) in [6.45, 7) is 2.68. The summed E-state index contributed by atoms with van der Waals surface area (Å²) in [4.78, 5) is 6.91. The second-order valence-electron chi connectivity index (χ2n) is 2.95. The summed E-state index contributed by atoms with van der Waals surface area (Å²) < 4.78 is 35.2. The Morgan fingerprint density at radius 3 is 2.80 bits per heavy atom. The number of H-pyrrole nitrogens is 1. The quantitative estimate of drug-likeness (QED) is 0.773. The fraction of sp³-hybridized carbons (Fsp3) is 0.625. The van der Waals surface area contributed by atoms with E-state index in [4.69, 9.17) is 0 Å². The van der Waals surface area contributed by atoms with Crippen molar-refractivity contribution in [2.45, 2.75) is 19.0 Å². The van der Waals surface area contributed by atoms with Crippen molar-refractivity contribution in [2.24, 2.45) is 0 Å². The van der Waals surface area contributed by atoms with Crippen molar-refractivity contribution in [3.8, 4) is 0 Å². The molecular formula is C8H12F3N3S. The normalized spacial score (nSPS) is 12.0. The van der Waals surface area contributed by atoms with Gasteiger partial charge in [0.05, 0.1) is 12.0 Å². The smallest absolute Gasteiger partial charge is 0.348 e. The van der Waals surface area contributed by atoms with Gasteiger partial charge in [0.15, 0.2) is 0 Å². The number of rotatable bonds is 5. The molecule has 0 aromatic carbocycles. The van der Waals surface area contributed by atoms with Gasteiger partial charge in [-0.15, -0.1) is 0 Å². The van der Waals surface area contributed by atoms with Gasteiger partial charge in [-0.3, -0.25) is 0 Å². The molecule has 3 nitrogen and oxygen atoms in total. The van der Waals surface area contributed by atoms with Crippen LogP contribution in [0, 0.1) is 6.92 Å². The average Bonchev–Trinajstić information content (AvgIpc) is 2.49. The van der Waals surface area contributed by atoms with E-state index in [-0.39, 0.29) is 17.5 Å².